The van der Waals surface area contributed by atoms with E-state index >= 15 is 0 Å². The third kappa shape index (κ3) is 12.2. The third-order valence-electron chi connectivity index (χ3n) is 5.96. The lowest BCUT2D eigenvalue weighted by atomic mass is 10.1. The molecule has 5 nitrogen and oxygen atoms in total. The maximum atomic E-state index is 13.0. The van der Waals surface area contributed by atoms with Gasteiger partial charge in [0.2, 0.25) is 0 Å². The summed E-state index contributed by atoms with van der Waals surface area (Å²) >= 11 is 0. The average Bonchev–Trinajstić information content (AvgIpc) is 3.38. The van der Waals surface area contributed by atoms with Crippen molar-refractivity contribution in [3.63, 3.8) is 0 Å². The Morgan fingerprint density at radius 1 is 0.875 bits per heavy atom. The van der Waals surface area contributed by atoms with E-state index in [1.807, 2.05) is 58.9 Å². The molecule has 216 valence electrons. The highest BCUT2D eigenvalue weighted by molar-refractivity contribution is 5.78. The predicted molar refractivity (Wildman–Crippen MR) is 161 cm³/mol. The van der Waals surface area contributed by atoms with Gasteiger partial charge >= 0.3 is 0 Å². The first kappa shape index (κ1) is 32.9. The summed E-state index contributed by atoms with van der Waals surface area (Å²) in [5.74, 6) is 0.722. The van der Waals surface area contributed by atoms with Gasteiger partial charge in [-0.3, -0.25) is 4.79 Å². The number of nitrogens with one attached hydrogen (secondary N) is 1. The molecule has 4 aromatic rings. The van der Waals surface area contributed by atoms with Gasteiger partial charge in [0.1, 0.15) is 23.4 Å². The fourth-order valence-corrected chi connectivity index (χ4v) is 3.54. The highest BCUT2D eigenvalue weighted by atomic mass is 19.1. The van der Waals surface area contributed by atoms with E-state index in [0.29, 0.717) is 18.8 Å². The summed E-state index contributed by atoms with van der Waals surface area (Å²) < 4.78 is 29.7. The van der Waals surface area contributed by atoms with Crippen molar-refractivity contribution in [2.75, 3.05) is 20.3 Å². The average molecular weight is 550 g/mol. The summed E-state index contributed by atoms with van der Waals surface area (Å²) in [6.07, 6.45) is 2.43. The molecule has 0 amide bonds. The van der Waals surface area contributed by atoms with Gasteiger partial charge in [0, 0.05) is 37.6 Å². The molecule has 0 aliphatic rings. The quantitative estimate of drug-likeness (QED) is 0.152. The van der Waals surface area contributed by atoms with Crippen molar-refractivity contribution in [1.29, 1.82) is 0 Å². The standard InChI is InChI=1S/C27H26FNO3.C5H12O.C2H6/c28-25-10-6-20(7-11-25)8-12-26-16-24-9-5-23(15-27(24)32-26)17-29-13-14-31-19-22-3-1-21(18-30)2-4-22;1-5(2,3)6-4;1-2/h1-7,9-11,15-16,18,29H,8,12-14,17,19H2;1-4H3;1-2H3. The molecule has 4 rings (SSSR count). The van der Waals surface area contributed by atoms with Crippen LogP contribution in [0.2, 0.25) is 0 Å². The molecule has 0 spiro atoms. The van der Waals surface area contributed by atoms with Crippen LogP contribution in [-0.2, 0) is 35.5 Å². The van der Waals surface area contributed by atoms with E-state index in [1.165, 1.54) is 12.1 Å². The summed E-state index contributed by atoms with van der Waals surface area (Å²) in [6.45, 7) is 12.7. The van der Waals surface area contributed by atoms with Gasteiger partial charge in [-0.05, 0) is 68.1 Å². The molecule has 0 unspecified atom stereocenters. The first-order valence-electron chi connectivity index (χ1n) is 13.9. The van der Waals surface area contributed by atoms with Crippen molar-refractivity contribution < 1.29 is 23.1 Å². The number of methoxy groups -OCH3 is 1. The zero-order chi connectivity index (χ0) is 29.4. The summed E-state index contributed by atoms with van der Waals surface area (Å²) in [5, 5.41) is 4.47. The number of carbonyl (C=O) groups excluding carboxylic acids is 1. The molecule has 0 aliphatic heterocycles. The van der Waals surface area contributed by atoms with E-state index in [4.69, 9.17) is 13.9 Å². The fourth-order valence-electron chi connectivity index (χ4n) is 3.54. The summed E-state index contributed by atoms with van der Waals surface area (Å²) in [7, 11) is 1.71. The largest absolute Gasteiger partial charge is 0.461 e. The minimum atomic E-state index is -0.212. The maximum absolute atomic E-state index is 13.0. The second-order valence-electron chi connectivity index (χ2n) is 10.1. The van der Waals surface area contributed by atoms with Crippen molar-refractivity contribution in [2.24, 2.45) is 0 Å². The number of aryl methyl sites for hydroxylation is 2. The van der Waals surface area contributed by atoms with Gasteiger partial charge in [0.25, 0.3) is 0 Å². The Labute approximate surface area is 238 Å². The summed E-state index contributed by atoms with van der Waals surface area (Å²) in [6, 6.07) is 22.3. The van der Waals surface area contributed by atoms with E-state index in [1.54, 1.807) is 19.2 Å². The van der Waals surface area contributed by atoms with Gasteiger partial charge in [-0.15, -0.1) is 0 Å². The van der Waals surface area contributed by atoms with Crippen molar-refractivity contribution in [3.8, 4) is 0 Å². The van der Waals surface area contributed by atoms with Crippen molar-refractivity contribution >= 4 is 17.3 Å². The minimum absolute atomic E-state index is 0.0417. The van der Waals surface area contributed by atoms with Gasteiger partial charge in [0.05, 0.1) is 18.8 Å². The Hall–Kier alpha value is -3.32. The van der Waals surface area contributed by atoms with Crippen LogP contribution in [-0.4, -0.2) is 32.1 Å². The van der Waals surface area contributed by atoms with Gasteiger partial charge in [0.15, 0.2) is 0 Å². The summed E-state index contributed by atoms with van der Waals surface area (Å²) in [4.78, 5) is 10.7. The number of hydrogen-bond acceptors (Lipinski definition) is 5. The molecule has 0 atom stereocenters. The first-order chi connectivity index (χ1) is 19.3. The number of aldehydes is 1. The van der Waals surface area contributed by atoms with E-state index < -0.39 is 0 Å². The molecule has 0 saturated heterocycles. The SMILES string of the molecule is CC.COC(C)(C)C.O=Cc1ccc(COCCNCc2ccc3cc(CCc4ccc(F)cc4)oc3c2)cc1. The number of carbonyl (C=O) groups is 1. The second-order valence-corrected chi connectivity index (χ2v) is 10.1. The van der Waals surface area contributed by atoms with Crippen molar-refractivity contribution in [1.82, 2.24) is 5.32 Å². The van der Waals surface area contributed by atoms with Gasteiger partial charge < -0.3 is 19.2 Å². The van der Waals surface area contributed by atoms with Crippen LogP contribution in [0.4, 0.5) is 4.39 Å². The van der Waals surface area contributed by atoms with Crippen LogP contribution in [0.3, 0.4) is 0 Å². The molecule has 0 fully saturated rings. The number of rotatable bonds is 11. The van der Waals surface area contributed by atoms with Crippen molar-refractivity contribution in [3.05, 3.63) is 107 Å². The molecule has 1 heterocycles. The molecular weight excluding hydrogens is 505 g/mol. The zero-order valence-corrected chi connectivity index (χ0v) is 24.8. The molecule has 0 saturated carbocycles. The van der Waals surface area contributed by atoms with Gasteiger partial charge in [-0.2, -0.15) is 0 Å². The third-order valence-corrected chi connectivity index (χ3v) is 5.96. The van der Waals surface area contributed by atoms with Crippen LogP contribution < -0.4 is 5.32 Å². The molecular formula is C34H44FNO4. The lowest BCUT2D eigenvalue weighted by Gasteiger charge is -2.14. The lowest BCUT2D eigenvalue weighted by Crippen LogP contribution is -2.19. The molecule has 3 aromatic carbocycles. The minimum Gasteiger partial charge on any atom is -0.461 e. The van der Waals surface area contributed by atoms with Crippen LogP contribution in [0.5, 0.6) is 0 Å². The van der Waals surface area contributed by atoms with Gasteiger partial charge in [-0.1, -0.05) is 62.4 Å². The van der Waals surface area contributed by atoms with Crippen LogP contribution in [0.1, 0.15) is 67.4 Å². The Kier molecular flexibility index (Phi) is 14.3. The molecule has 1 N–H and O–H groups in total. The fraction of sp³-hybridized carbons (Fsp3) is 0.382. The predicted octanol–water partition coefficient (Wildman–Crippen LogP) is 7.93. The Morgan fingerprint density at radius 3 is 2.12 bits per heavy atom. The van der Waals surface area contributed by atoms with Crippen LogP contribution in [0, 0.1) is 5.82 Å². The topological polar surface area (TPSA) is 60.7 Å². The molecule has 1 aromatic heterocycles. The molecule has 6 heteroatoms. The second kappa shape index (κ2) is 17.4. The molecule has 40 heavy (non-hydrogen) atoms. The zero-order valence-electron chi connectivity index (χ0n) is 24.8. The molecule has 0 radical (unpaired) electrons. The number of hydrogen-bond donors (Lipinski definition) is 1. The monoisotopic (exact) mass is 549 g/mol. The molecule has 0 aliphatic carbocycles. The van der Waals surface area contributed by atoms with Gasteiger partial charge in [-0.25, -0.2) is 4.39 Å². The summed E-state index contributed by atoms with van der Waals surface area (Å²) in [5.41, 5.74) is 4.89. The van der Waals surface area contributed by atoms with Crippen LogP contribution in [0.25, 0.3) is 11.0 Å². The van der Waals surface area contributed by atoms with E-state index in [0.717, 1.165) is 65.6 Å². The highest BCUT2D eigenvalue weighted by Crippen LogP contribution is 2.22. The maximum Gasteiger partial charge on any atom is 0.150 e. The number of benzene rings is 3. The smallest absolute Gasteiger partial charge is 0.150 e. The van der Waals surface area contributed by atoms with Crippen LogP contribution >= 0.6 is 0 Å². The normalized spacial score (nSPS) is 10.9. The van der Waals surface area contributed by atoms with E-state index in [-0.39, 0.29) is 11.4 Å². The molecule has 0 bridgehead atoms. The van der Waals surface area contributed by atoms with Crippen LogP contribution in [0.15, 0.2) is 77.2 Å². The van der Waals surface area contributed by atoms with E-state index in [9.17, 15) is 9.18 Å². The van der Waals surface area contributed by atoms with E-state index in [2.05, 4.69) is 29.6 Å². The Bertz CT molecular complexity index is 1260. The van der Waals surface area contributed by atoms with Crippen molar-refractivity contribution in [2.45, 2.75) is 66.2 Å². The highest BCUT2D eigenvalue weighted by Gasteiger charge is 2.06. The number of halogens is 1. The number of furan rings is 1. The number of fused-ring (bicyclic) bond motifs is 1. The Balaban J connectivity index is 0.000000622. The first-order valence-corrected chi connectivity index (χ1v) is 13.9. The lowest BCUT2D eigenvalue weighted by molar-refractivity contribution is 0.0397. The number of ether oxygens (including phenoxy) is 2. The Morgan fingerprint density at radius 2 is 1.50 bits per heavy atom.